The first-order valence-electron chi connectivity index (χ1n) is 8.76. The van der Waals surface area contributed by atoms with Crippen molar-refractivity contribution in [3.63, 3.8) is 0 Å². The molecular weight excluding hydrogens is 300 g/mol. The molecule has 0 aliphatic carbocycles. The molecule has 0 amide bonds. The number of rotatable bonds is 15. The van der Waals surface area contributed by atoms with Crippen LogP contribution in [0.5, 0.6) is 0 Å². The standard InChI is InChI=1S/C18H33ClO3/c1-2-3-4-5-8-11-14-17(20)16(19)13-10-7-6-9-12-15-18(21)22/h8,11,16-17,20H,2-7,9-10,12-15H2,1H3,(H,21,22)/b11-8+. The highest BCUT2D eigenvalue weighted by atomic mass is 35.5. The molecule has 0 radical (unpaired) electrons. The SMILES string of the molecule is CCCCC/C=C/CC(O)C(Cl)CCCCCCCC(=O)O. The summed E-state index contributed by atoms with van der Waals surface area (Å²) >= 11 is 6.21. The molecule has 2 atom stereocenters. The number of alkyl halides is 1. The van der Waals surface area contributed by atoms with Gasteiger partial charge in [0.05, 0.1) is 11.5 Å². The first-order chi connectivity index (χ1) is 10.6. The Morgan fingerprint density at radius 2 is 1.73 bits per heavy atom. The van der Waals surface area contributed by atoms with Gasteiger partial charge in [-0.3, -0.25) is 4.79 Å². The van der Waals surface area contributed by atoms with E-state index in [0.717, 1.165) is 44.9 Å². The first kappa shape index (κ1) is 21.5. The zero-order valence-electron chi connectivity index (χ0n) is 14.0. The lowest BCUT2D eigenvalue weighted by atomic mass is 10.0. The second-order valence-electron chi connectivity index (χ2n) is 5.99. The van der Waals surface area contributed by atoms with Crippen molar-refractivity contribution in [2.24, 2.45) is 0 Å². The van der Waals surface area contributed by atoms with Crippen LogP contribution in [0.1, 0.15) is 84.0 Å². The summed E-state index contributed by atoms with van der Waals surface area (Å²) in [4.78, 5) is 10.4. The van der Waals surface area contributed by atoms with Crippen LogP contribution in [-0.2, 0) is 4.79 Å². The van der Waals surface area contributed by atoms with E-state index in [9.17, 15) is 9.90 Å². The molecule has 0 heterocycles. The lowest BCUT2D eigenvalue weighted by Gasteiger charge is -2.15. The van der Waals surface area contributed by atoms with Crippen molar-refractivity contribution < 1.29 is 15.0 Å². The van der Waals surface area contributed by atoms with Gasteiger partial charge in [-0.2, -0.15) is 0 Å². The van der Waals surface area contributed by atoms with E-state index < -0.39 is 12.1 Å². The van der Waals surface area contributed by atoms with Crippen molar-refractivity contribution >= 4 is 17.6 Å². The van der Waals surface area contributed by atoms with Gasteiger partial charge in [-0.25, -0.2) is 0 Å². The lowest BCUT2D eigenvalue weighted by Crippen LogP contribution is -2.19. The van der Waals surface area contributed by atoms with Crippen LogP contribution in [0.15, 0.2) is 12.2 Å². The van der Waals surface area contributed by atoms with Gasteiger partial charge >= 0.3 is 5.97 Å². The average molecular weight is 333 g/mol. The number of unbranched alkanes of at least 4 members (excludes halogenated alkanes) is 7. The van der Waals surface area contributed by atoms with Crippen LogP contribution in [0.3, 0.4) is 0 Å². The largest absolute Gasteiger partial charge is 0.481 e. The molecule has 0 aromatic rings. The number of carboxylic acids is 1. The number of hydrogen-bond acceptors (Lipinski definition) is 2. The molecule has 4 heteroatoms. The van der Waals surface area contributed by atoms with E-state index in [1.807, 2.05) is 6.08 Å². The van der Waals surface area contributed by atoms with Crippen LogP contribution in [0, 0.1) is 0 Å². The van der Waals surface area contributed by atoms with Crippen molar-refractivity contribution in [2.45, 2.75) is 95.5 Å². The molecule has 0 fully saturated rings. The quantitative estimate of drug-likeness (QED) is 0.243. The second-order valence-corrected chi connectivity index (χ2v) is 6.55. The van der Waals surface area contributed by atoms with E-state index in [1.54, 1.807) is 0 Å². The number of halogens is 1. The number of aliphatic carboxylic acids is 1. The van der Waals surface area contributed by atoms with Crippen molar-refractivity contribution in [1.29, 1.82) is 0 Å². The third kappa shape index (κ3) is 14.4. The zero-order valence-corrected chi connectivity index (χ0v) is 14.7. The second kappa shape index (κ2) is 15.4. The van der Waals surface area contributed by atoms with Crippen molar-refractivity contribution in [3.05, 3.63) is 12.2 Å². The van der Waals surface area contributed by atoms with Gasteiger partial charge in [-0.15, -0.1) is 11.6 Å². The topological polar surface area (TPSA) is 57.5 Å². The molecule has 130 valence electrons. The summed E-state index contributed by atoms with van der Waals surface area (Å²) in [5.74, 6) is -0.716. The molecular formula is C18H33ClO3. The smallest absolute Gasteiger partial charge is 0.303 e. The summed E-state index contributed by atoms with van der Waals surface area (Å²) in [6.07, 6.45) is 15.1. The molecule has 2 N–H and O–H groups in total. The predicted molar refractivity (Wildman–Crippen MR) is 93.5 cm³/mol. The van der Waals surface area contributed by atoms with Gasteiger partial charge in [-0.05, 0) is 32.1 Å². The molecule has 0 bridgehead atoms. The number of aliphatic hydroxyl groups excluding tert-OH is 1. The number of aliphatic hydroxyl groups is 1. The highest BCUT2D eigenvalue weighted by Crippen LogP contribution is 2.17. The van der Waals surface area contributed by atoms with Crippen molar-refractivity contribution in [3.8, 4) is 0 Å². The molecule has 0 aromatic carbocycles. The number of carboxylic acid groups (broad SMARTS) is 1. The van der Waals surface area contributed by atoms with Crippen LogP contribution in [0.25, 0.3) is 0 Å². The molecule has 3 nitrogen and oxygen atoms in total. The fraction of sp³-hybridized carbons (Fsp3) is 0.833. The van der Waals surface area contributed by atoms with Crippen LogP contribution in [0.2, 0.25) is 0 Å². The van der Waals surface area contributed by atoms with Crippen LogP contribution < -0.4 is 0 Å². The fourth-order valence-corrected chi connectivity index (χ4v) is 2.61. The molecule has 0 aliphatic rings. The summed E-state index contributed by atoms with van der Waals surface area (Å²) in [5.41, 5.74) is 0. The Morgan fingerprint density at radius 3 is 2.41 bits per heavy atom. The average Bonchev–Trinajstić information content (AvgIpc) is 2.49. The normalized spacial score (nSPS) is 14.3. The Labute approximate surface area is 140 Å². The molecule has 2 unspecified atom stereocenters. The molecule has 0 aromatic heterocycles. The summed E-state index contributed by atoms with van der Waals surface area (Å²) in [5, 5.41) is 18.3. The predicted octanol–water partition coefficient (Wildman–Crippen LogP) is 5.30. The Morgan fingerprint density at radius 1 is 1.05 bits per heavy atom. The van der Waals surface area contributed by atoms with Crippen molar-refractivity contribution in [1.82, 2.24) is 0 Å². The third-order valence-electron chi connectivity index (χ3n) is 3.81. The minimum absolute atomic E-state index is 0.181. The molecule has 0 rings (SSSR count). The Kier molecular flexibility index (Phi) is 15.0. The maximum absolute atomic E-state index is 10.4. The molecule has 22 heavy (non-hydrogen) atoms. The van der Waals surface area contributed by atoms with Gasteiger partial charge in [0.15, 0.2) is 0 Å². The van der Waals surface area contributed by atoms with E-state index in [2.05, 4.69) is 13.0 Å². The summed E-state index contributed by atoms with van der Waals surface area (Å²) in [6.45, 7) is 2.19. The summed E-state index contributed by atoms with van der Waals surface area (Å²) in [7, 11) is 0. The van der Waals surface area contributed by atoms with E-state index >= 15 is 0 Å². The van der Waals surface area contributed by atoms with Crippen molar-refractivity contribution in [2.75, 3.05) is 0 Å². The van der Waals surface area contributed by atoms with E-state index in [-0.39, 0.29) is 11.8 Å². The lowest BCUT2D eigenvalue weighted by molar-refractivity contribution is -0.137. The van der Waals surface area contributed by atoms with Gasteiger partial charge in [0, 0.05) is 6.42 Å². The zero-order chi connectivity index (χ0) is 16.6. The minimum atomic E-state index is -0.716. The highest BCUT2D eigenvalue weighted by Gasteiger charge is 2.14. The van der Waals surface area contributed by atoms with Crippen LogP contribution in [-0.4, -0.2) is 27.7 Å². The summed E-state index contributed by atoms with van der Waals surface area (Å²) in [6, 6.07) is 0. The molecule has 0 aliphatic heterocycles. The van der Waals surface area contributed by atoms with E-state index in [0.29, 0.717) is 6.42 Å². The first-order valence-corrected chi connectivity index (χ1v) is 9.20. The maximum Gasteiger partial charge on any atom is 0.303 e. The number of allylic oxidation sites excluding steroid dienone is 1. The summed E-state index contributed by atoms with van der Waals surface area (Å²) < 4.78 is 0. The van der Waals surface area contributed by atoms with Gasteiger partial charge in [-0.1, -0.05) is 57.6 Å². The molecule has 0 saturated heterocycles. The van der Waals surface area contributed by atoms with E-state index in [4.69, 9.17) is 16.7 Å². The van der Waals surface area contributed by atoms with Gasteiger partial charge in [0.1, 0.15) is 0 Å². The Hall–Kier alpha value is -0.540. The molecule has 0 spiro atoms. The minimum Gasteiger partial charge on any atom is -0.481 e. The Bertz CT molecular complexity index is 292. The number of hydrogen-bond donors (Lipinski definition) is 2. The number of carbonyl (C=O) groups is 1. The highest BCUT2D eigenvalue weighted by molar-refractivity contribution is 6.21. The van der Waals surface area contributed by atoms with E-state index in [1.165, 1.54) is 19.3 Å². The molecule has 0 saturated carbocycles. The van der Waals surface area contributed by atoms with Crippen LogP contribution >= 0.6 is 11.6 Å². The van der Waals surface area contributed by atoms with Gasteiger partial charge in [0.25, 0.3) is 0 Å². The Balaban J connectivity index is 3.49. The monoisotopic (exact) mass is 332 g/mol. The van der Waals surface area contributed by atoms with Crippen LogP contribution in [0.4, 0.5) is 0 Å². The van der Waals surface area contributed by atoms with Gasteiger partial charge in [0.2, 0.25) is 0 Å². The fourth-order valence-electron chi connectivity index (χ4n) is 2.35. The third-order valence-corrected chi connectivity index (χ3v) is 4.32. The maximum atomic E-state index is 10.4. The van der Waals surface area contributed by atoms with Gasteiger partial charge < -0.3 is 10.2 Å².